The van der Waals surface area contributed by atoms with Crippen molar-refractivity contribution in [2.24, 2.45) is 0 Å². The van der Waals surface area contributed by atoms with E-state index in [1.807, 2.05) is 32.0 Å². The lowest BCUT2D eigenvalue weighted by Crippen LogP contribution is -2.00. The van der Waals surface area contributed by atoms with E-state index in [9.17, 15) is 4.79 Å². The number of nitrogens with zero attached hydrogens (tertiary/aromatic N) is 1. The van der Waals surface area contributed by atoms with Gasteiger partial charge in [0.1, 0.15) is 5.82 Å². The van der Waals surface area contributed by atoms with Gasteiger partial charge in [-0.3, -0.25) is 4.79 Å². The molecule has 0 aliphatic heterocycles. The Labute approximate surface area is 110 Å². The van der Waals surface area contributed by atoms with E-state index in [1.54, 1.807) is 0 Å². The number of aromatic nitrogens is 2. The molecule has 1 aromatic heterocycles. The fourth-order valence-corrected chi connectivity index (χ4v) is 1.97. The molecule has 0 saturated carbocycles. The maximum atomic E-state index is 10.7. The fourth-order valence-electron chi connectivity index (χ4n) is 1.77. The van der Waals surface area contributed by atoms with Gasteiger partial charge in [0, 0.05) is 5.56 Å². The Bertz CT molecular complexity index is 605. The highest BCUT2D eigenvalue weighted by Gasteiger charge is 2.13. The number of nitrogens with one attached hydrogen (secondary N) is 1. The first-order valence-corrected chi connectivity index (χ1v) is 5.89. The molecule has 94 valence electrons. The SMILES string of the molecule is Cc1ccc(C)c(-c2nc(Cl)c(CC(=O)O)[nH]2)c1. The summed E-state index contributed by atoms with van der Waals surface area (Å²) in [7, 11) is 0. The molecule has 4 nitrogen and oxygen atoms in total. The standard InChI is InChI=1S/C13H13ClN2O2/c1-7-3-4-8(2)9(5-7)13-15-10(6-11(17)18)12(14)16-13/h3-5H,6H2,1-2H3,(H,15,16)(H,17,18). The average Bonchev–Trinajstić information content (AvgIpc) is 2.63. The Kier molecular flexibility index (Phi) is 3.39. The van der Waals surface area contributed by atoms with Crippen molar-refractivity contribution in [3.63, 3.8) is 0 Å². The lowest BCUT2D eigenvalue weighted by Gasteiger charge is -2.03. The molecule has 0 aliphatic rings. The van der Waals surface area contributed by atoms with Crippen molar-refractivity contribution in [3.8, 4) is 11.4 Å². The van der Waals surface area contributed by atoms with Gasteiger partial charge in [-0.25, -0.2) is 4.98 Å². The predicted molar refractivity (Wildman–Crippen MR) is 69.8 cm³/mol. The number of aliphatic carboxylic acids is 1. The second-order valence-corrected chi connectivity index (χ2v) is 4.60. The van der Waals surface area contributed by atoms with Gasteiger partial charge in [-0.15, -0.1) is 0 Å². The summed E-state index contributed by atoms with van der Waals surface area (Å²) in [6.45, 7) is 3.97. The Morgan fingerprint density at radius 3 is 2.83 bits per heavy atom. The van der Waals surface area contributed by atoms with Crippen molar-refractivity contribution in [2.45, 2.75) is 20.3 Å². The Morgan fingerprint density at radius 2 is 2.17 bits per heavy atom. The first-order valence-electron chi connectivity index (χ1n) is 5.51. The van der Waals surface area contributed by atoms with Gasteiger partial charge >= 0.3 is 5.97 Å². The summed E-state index contributed by atoms with van der Waals surface area (Å²) in [6, 6.07) is 6.01. The van der Waals surface area contributed by atoms with E-state index in [0.29, 0.717) is 11.5 Å². The molecule has 18 heavy (non-hydrogen) atoms. The van der Waals surface area contributed by atoms with Gasteiger partial charge in [0.05, 0.1) is 12.1 Å². The average molecular weight is 265 g/mol. The van der Waals surface area contributed by atoms with E-state index in [2.05, 4.69) is 9.97 Å². The lowest BCUT2D eigenvalue weighted by atomic mass is 10.1. The van der Waals surface area contributed by atoms with Crippen LogP contribution < -0.4 is 0 Å². The van der Waals surface area contributed by atoms with Gasteiger partial charge in [0.15, 0.2) is 5.15 Å². The summed E-state index contributed by atoms with van der Waals surface area (Å²) in [6.07, 6.45) is -0.156. The molecule has 2 rings (SSSR count). The molecule has 1 aromatic carbocycles. The molecular weight excluding hydrogens is 252 g/mol. The van der Waals surface area contributed by atoms with Gasteiger partial charge in [0.25, 0.3) is 0 Å². The third-order valence-electron chi connectivity index (χ3n) is 2.70. The van der Waals surface area contributed by atoms with Crippen LogP contribution in [-0.2, 0) is 11.2 Å². The summed E-state index contributed by atoms with van der Waals surface area (Å²) < 4.78 is 0. The number of rotatable bonds is 3. The third-order valence-corrected chi connectivity index (χ3v) is 3.02. The second-order valence-electron chi connectivity index (χ2n) is 4.24. The number of aromatic amines is 1. The zero-order chi connectivity index (χ0) is 13.3. The fraction of sp³-hybridized carbons (Fsp3) is 0.231. The van der Waals surface area contributed by atoms with E-state index in [4.69, 9.17) is 16.7 Å². The van der Waals surface area contributed by atoms with Crippen molar-refractivity contribution in [2.75, 3.05) is 0 Å². The Balaban J connectivity index is 2.45. The summed E-state index contributed by atoms with van der Waals surface area (Å²) in [5.74, 6) is -0.328. The van der Waals surface area contributed by atoms with Crippen LogP contribution in [0.2, 0.25) is 5.15 Å². The van der Waals surface area contributed by atoms with E-state index in [-0.39, 0.29) is 11.6 Å². The van der Waals surface area contributed by atoms with E-state index in [0.717, 1.165) is 16.7 Å². The molecule has 0 unspecified atom stereocenters. The number of benzene rings is 1. The quantitative estimate of drug-likeness (QED) is 0.896. The number of H-pyrrole nitrogens is 1. The summed E-state index contributed by atoms with van der Waals surface area (Å²) in [4.78, 5) is 17.8. The number of halogens is 1. The van der Waals surface area contributed by atoms with Crippen LogP contribution in [0.3, 0.4) is 0 Å². The maximum absolute atomic E-state index is 10.7. The minimum absolute atomic E-state index is 0.156. The molecule has 0 amide bonds. The van der Waals surface area contributed by atoms with Crippen LogP contribution in [0, 0.1) is 13.8 Å². The zero-order valence-electron chi connectivity index (χ0n) is 10.1. The van der Waals surface area contributed by atoms with Crippen LogP contribution in [0.15, 0.2) is 18.2 Å². The topological polar surface area (TPSA) is 66.0 Å². The number of aryl methyl sites for hydroxylation is 2. The van der Waals surface area contributed by atoms with Gasteiger partial charge in [-0.2, -0.15) is 0 Å². The Hall–Kier alpha value is -1.81. The minimum Gasteiger partial charge on any atom is -0.481 e. The van der Waals surface area contributed by atoms with Crippen molar-refractivity contribution in [3.05, 3.63) is 40.2 Å². The monoisotopic (exact) mass is 264 g/mol. The first kappa shape index (κ1) is 12.6. The summed E-state index contributed by atoms with van der Waals surface area (Å²) in [5.41, 5.74) is 3.55. The Morgan fingerprint density at radius 1 is 1.44 bits per heavy atom. The predicted octanol–water partition coefficient (Wildman–Crippen LogP) is 2.97. The largest absolute Gasteiger partial charge is 0.481 e. The van der Waals surface area contributed by atoms with Crippen LogP contribution in [0.25, 0.3) is 11.4 Å². The highest BCUT2D eigenvalue weighted by atomic mass is 35.5. The van der Waals surface area contributed by atoms with Crippen LogP contribution in [0.5, 0.6) is 0 Å². The molecule has 0 radical (unpaired) electrons. The maximum Gasteiger partial charge on any atom is 0.309 e. The van der Waals surface area contributed by atoms with Gasteiger partial charge in [0.2, 0.25) is 0 Å². The van der Waals surface area contributed by atoms with E-state index < -0.39 is 5.97 Å². The van der Waals surface area contributed by atoms with Gasteiger partial charge in [-0.1, -0.05) is 29.3 Å². The molecule has 0 atom stereocenters. The molecule has 2 N–H and O–H groups in total. The summed E-state index contributed by atoms with van der Waals surface area (Å²) >= 11 is 5.93. The summed E-state index contributed by atoms with van der Waals surface area (Å²) in [5, 5.41) is 8.98. The minimum atomic E-state index is -0.937. The van der Waals surface area contributed by atoms with Crippen molar-refractivity contribution in [1.29, 1.82) is 0 Å². The van der Waals surface area contributed by atoms with Crippen molar-refractivity contribution < 1.29 is 9.90 Å². The number of hydrogen-bond acceptors (Lipinski definition) is 2. The number of carbonyl (C=O) groups is 1. The molecular formula is C13H13ClN2O2. The van der Waals surface area contributed by atoms with Crippen LogP contribution in [0.1, 0.15) is 16.8 Å². The van der Waals surface area contributed by atoms with E-state index >= 15 is 0 Å². The molecule has 5 heteroatoms. The second kappa shape index (κ2) is 4.82. The van der Waals surface area contributed by atoms with Crippen LogP contribution in [-0.4, -0.2) is 21.0 Å². The molecule has 0 saturated heterocycles. The number of carboxylic acids is 1. The van der Waals surface area contributed by atoms with Gasteiger partial charge < -0.3 is 10.1 Å². The molecule has 0 aliphatic carbocycles. The van der Waals surface area contributed by atoms with Crippen molar-refractivity contribution in [1.82, 2.24) is 9.97 Å². The van der Waals surface area contributed by atoms with Crippen LogP contribution in [0.4, 0.5) is 0 Å². The van der Waals surface area contributed by atoms with Crippen LogP contribution >= 0.6 is 11.6 Å². The molecule has 2 aromatic rings. The number of carboxylic acid groups (broad SMARTS) is 1. The molecule has 1 heterocycles. The number of imidazole rings is 1. The normalized spacial score (nSPS) is 10.6. The molecule has 0 bridgehead atoms. The van der Waals surface area contributed by atoms with Gasteiger partial charge in [-0.05, 0) is 25.5 Å². The molecule has 0 spiro atoms. The lowest BCUT2D eigenvalue weighted by molar-refractivity contribution is -0.136. The van der Waals surface area contributed by atoms with E-state index in [1.165, 1.54) is 0 Å². The first-order chi connectivity index (χ1) is 8.47. The molecule has 0 fully saturated rings. The zero-order valence-corrected chi connectivity index (χ0v) is 10.9. The third kappa shape index (κ3) is 2.54. The highest BCUT2D eigenvalue weighted by molar-refractivity contribution is 6.30. The smallest absolute Gasteiger partial charge is 0.309 e. The van der Waals surface area contributed by atoms with Crippen molar-refractivity contribution >= 4 is 17.6 Å². The number of hydrogen-bond donors (Lipinski definition) is 2. The highest BCUT2D eigenvalue weighted by Crippen LogP contribution is 2.25.